The fourth-order valence-electron chi connectivity index (χ4n) is 3.01. The molecule has 7 heteroatoms. The molecule has 1 unspecified atom stereocenters. The van der Waals surface area contributed by atoms with Crippen molar-refractivity contribution in [2.75, 3.05) is 17.3 Å². The van der Waals surface area contributed by atoms with E-state index in [0.717, 1.165) is 30.7 Å². The lowest BCUT2D eigenvalue weighted by molar-refractivity contribution is -0.117. The molecule has 25 heavy (non-hydrogen) atoms. The second-order valence-electron chi connectivity index (χ2n) is 6.12. The largest absolute Gasteiger partial charge is 0.320 e. The van der Waals surface area contributed by atoms with E-state index in [1.165, 1.54) is 10.4 Å². The minimum atomic E-state index is -0.463. The summed E-state index contributed by atoms with van der Waals surface area (Å²) in [5.41, 5.74) is 8.45. The Morgan fingerprint density at radius 3 is 2.92 bits per heavy atom. The molecule has 3 rings (SSSR count). The number of nitrogens with one attached hydrogen (secondary N) is 1. The highest BCUT2D eigenvalue weighted by molar-refractivity contribution is 7.98. The Hall–Kier alpha value is -1.08. The monoisotopic (exact) mass is 397 g/mol. The maximum absolute atomic E-state index is 12.1. The number of benzene rings is 1. The number of hydrogen-bond donors (Lipinski definition) is 2. The highest BCUT2D eigenvalue weighted by Gasteiger charge is 2.24. The van der Waals surface area contributed by atoms with Gasteiger partial charge in [0.1, 0.15) is 0 Å². The molecule has 0 bridgehead atoms. The van der Waals surface area contributed by atoms with Gasteiger partial charge in [-0.25, -0.2) is 4.98 Å². The van der Waals surface area contributed by atoms with E-state index >= 15 is 0 Å². The molecule has 0 aliphatic heterocycles. The molecule has 1 aliphatic carbocycles. The number of thiazole rings is 1. The van der Waals surface area contributed by atoms with Gasteiger partial charge in [-0.1, -0.05) is 30.3 Å². The normalized spacial score (nSPS) is 17.3. The molecule has 1 aliphatic rings. The number of nitrogens with two attached hydrogens (primary N) is 1. The van der Waals surface area contributed by atoms with Crippen molar-refractivity contribution in [1.29, 1.82) is 0 Å². The van der Waals surface area contributed by atoms with Crippen LogP contribution in [0.5, 0.6) is 0 Å². The molecule has 1 aromatic carbocycles. The first-order chi connectivity index (χ1) is 11.7. The first-order valence-electron chi connectivity index (χ1n) is 8.26. The molecule has 3 N–H and O–H groups in total. The van der Waals surface area contributed by atoms with E-state index < -0.39 is 6.04 Å². The molecule has 0 spiro atoms. The van der Waals surface area contributed by atoms with Crippen molar-refractivity contribution >= 4 is 46.5 Å². The molecular formula is C18H24ClN3OS2. The Kier molecular flexibility index (Phi) is 7.75. The fourth-order valence-corrected chi connectivity index (χ4v) is 4.59. The van der Waals surface area contributed by atoms with Gasteiger partial charge < -0.3 is 11.1 Å². The SMILES string of the molecule is CSCC[C@H](N)C(=O)Nc1nc2c(s1)CC(c1ccccc1)CC2.Cl. The summed E-state index contributed by atoms with van der Waals surface area (Å²) in [6, 6.07) is 10.2. The Balaban J connectivity index is 0.00000225. The van der Waals surface area contributed by atoms with Crippen LogP contribution in [-0.4, -0.2) is 28.9 Å². The van der Waals surface area contributed by atoms with Gasteiger partial charge in [-0.15, -0.1) is 23.7 Å². The van der Waals surface area contributed by atoms with Crippen molar-refractivity contribution in [3.8, 4) is 0 Å². The minimum Gasteiger partial charge on any atom is -0.320 e. The van der Waals surface area contributed by atoms with Crippen LogP contribution in [0.3, 0.4) is 0 Å². The van der Waals surface area contributed by atoms with Crippen molar-refractivity contribution < 1.29 is 4.79 Å². The van der Waals surface area contributed by atoms with E-state index in [4.69, 9.17) is 5.73 Å². The summed E-state index contributed by atoms with van der Waals surface area (Å²) in [6.45, 7) is 0. The van der Waals surface area contributed by atoms with Gasteiger partial charge in [0, 0.05) is 4.88 Å². The number of halogens is 1. The molecule has 136 valence electrons. The van der Waals surface area contributed by atoms with Gasteiger partial charge in [0.05, 0.1) is 11.7 Å². The van der Waals surface area contributed by atoms with E-state index in [-0.39, 0.29) is 18.3 Å². The van der Waals surface area contributed by atoms with Gasteiger partial charge in [0.25, 0.3) is 0 Å². The quantitative estimate of drug-likeness (QED) is 0.776. The fraction of sp³-hybridized carbons (Fsp3) is 0.444. The zero-order valence-electron chi connectivity index (χ0n) is 14.2. The van der Waals surface area contributed by atoms with Crippen LogP contribution in [0.15, 0.2) is 30.3 Å². The van der Waals surface area contributed by atoms with Crippen LogP contribution in [0.1, 0.15) is 34.9 Å². The number of hydrogen-bond acceptors (Lipinski definition) is 5. The van der Waals surface area contributed by atoms with Crippen LogP contribution in [0.4, 0.5) is 5.13 Å². The third-order valence-electron chi connectivity index (χ3n) is 4.41. The first-order valence-corrected chi connectivity index (χ1v) is 10.5. The number of anilines is 1. The Bertz CT molecular complexity index is 693. The van der Waals surface area contributed by atoms with E-state index in [1.807, 2.05) is 6.26 Å². The standard InChI is InChI=1S/C18H23N3OS2.ClH/c1-23-10-9-14(19)17(22)21-18-20-15-8-7-13(11-16(15)24-18)12-5-3-2-4-6-12;/h2-6,13-14H,7-11,19H2,1H3,(H,20,21,22);1H/t13?,14-;/m0./s1. The van der Waals surface area contributed by atoms with Gasteiger partial charge in [0.2, 0.25) is 5.91 Å². The van der Waals surface area contributed by atoms with Crippen LogP contribution in [0, 0.1) is 0 Å². The zero-order chi connectivity index (χ0) is 16.9. The summed E-state index contributed by atoms with van der Waals surface area (Å²) in [4.78, 5) is 18.0. The van der Waals surface area contributed by atoms with Crippen molar-refractivity contribution in [3.63, 3.8) is 0 Å². The maximum Gasteiger partial charge on any atom is 0.243 e. The number of carbonyl (C=O) groups excluding carboxylic acids is 1. The first kappa shape index (κ1) is 20.2. The van der Waals surface area contributed by atoms with Gasteiger partial charge in [-0.2, -0.15) is 11.8 Å². The van der Waals surface area contributed by atoms with Gasteiger partial charge in [-0.05, 0) is 49.2 Å². The van der Waals surface area contributed by atoms with Crippen LogP contribution in [0.25, 0.3) is 0 Å². The van der Waals surface area contributed by atoms with Crippen molar-refractivity contribution in [2.45, 2.75) is 37.6 Å². The number of aromatic nitrogens is 1. The summed E-state index contributed by atoms with van der Waals surface area (Å²) in [5.74, 6) is 1.31. The molecule has 4 nitrogen and oxygen atoms in total. The maximum atomic E-state index is 12.1. The summed E-state index contributed by atoms with van der Waals surface area (Å²) in [6.07, 6.45) is 5.80. The van der Waals surface area contributed by atoms with E-state index in [1.54, 1.807) is 23.1 Å². The third kappa shape index (κ3) is 5.20. The van der Waals surface area contributed by atoms with E-state index in [2.05, 4.69) is 40.6 Å². The highest BCUT2D eigenvalue weighted by Crippen LogP contribution is 2.36. The summed E-state index contributed by atoms with van der Waals surface area (Å²) >= 11 is 3.30. The molecule has 0 saturated carbocycles. The lowest BCUT2D eigenvalue weighted by Gasteiger charge is -2.21. The minimum absolute atomic E-state index is 0. The molecule has 2 aromatic rings. The average molecular weight is 398 g/mol. The number of carbonyl (C=O) groups is 1. The molecule has 1 heterocycles. The van der Waals surface area contributed by atoms with Gasteiger partial charge >= 0.3 is 0 Å². The number of nitrogens with zero attached hydrogens (tertiary/aromatic N) is 1. The number of aryl methyl sites for hydroxylation is 1. The molecule has 0 saturated heterocycles. The smallest absolute Gasteiger partial charge is 0.243 e. The van der Waals surface area contributed by atoms with E-state index in [0.29, 0.717) is 17.5 Å². The molecule has 1 amide bonds. The predicted molar refractivity (Wildman–Crippen MR) is 110 cm³/mol. The molecule has 2 atom stereocenters. The molecular weight excluding hydrogens is 374 g/mol. The lowest BCUT2D eigenvalue weighted by atomic mass is 9.85. The number of amides is 1. The topological polar surface area (TPSA) is 68.0 Å². The van der Waals surface area contributed by atoms with Crippen molar-refractivity contribution in [3.05, 3.63) is 46.5 Å². The van der Waals surface area contributed by atoms with Crippen LogP contribution in [-0.2, 0) is 17.6 Å². The summed E-state index contributed by atoms with van der Waals surface area (Å²) < 4.78 is 0. The van der Waals surface area contributed by atoms with Crippen molar-refractivity contribution in [2.24, 2.45) is 5.73 Å². The second-order valence-corrected chi connectivity index (χ2v) is 8.19. The van der Waals surface area contributed by atoms with Crippen LogP contribution in [0.2, 0.25) is 0 Å². The highest BCUT2D eigenvalue weighted by atomic mass is 35.5. The van der Waals surface area contributed by atoms with Crippen LogP contribution >= 0.6 is 35.5 Å². The average Bonchev–Trinajstić information content (AvgIpc) is 3.01. The predicted octanol–water partition coefficient (Wildman–Crippen LogP) is 3.86. The van der Waals surface area contributed by atoms with Gasteiger partial charge in [-0.3, -0.25) is 4.79 Å². The second kappa shape index (κ2) is 9.57. The third-order valence-corrected chi connectivity index (χ3v) is 6.09. The van der Waals surface area contributed by atoms with E-state index in [9.17, 15) is 4.79 Å². The molecule has 0 radical (unpaired) electrons. The Morgan fingerprint density at radius 2 is 2.20 bits per heavy atom. The molecule has 0 fully saturated rings. The van der Waals surface area contributed by atoms with Crippen LogP contribution < -0.4 is 11.1 Å². The molecule has 1 aromatic heterocycles. The Labute approximate surface area is 163 Å². The number of thioether (sulfide) groups is 1. The summed E-state index contributed by atoms with van der Waals surface area (Å²) in [7, 11) is 0. The Morgan fingerprint density at radius 1 is 1.44 bits per heavy atom. The van der Waals surface area contributed by atoms with Crippen molar-refractivity contribution in [1.82, 2.24) is 4.98 Å². The lowest BCUT2D eigenvalue weighted by Crippen LogP contribution is -2.36. The van der Waals surface area contributed by atoms with Gasteiger partial charge in [0.15, 0.2) is 5.13 Å². The number of fused-ring (bicyclic) bond motifs is 1. The summed E-state index contributed by atoms with van der Waals surface area (Å²) in [5, 5.41) is 3.59. The number of rotatable bonds is 6. The zero-order valence-corrected chi connectivity index (χ0v) is 16.7.